The van der Waals surface area contributed by atoms with Gasteiger partial charge >= 0.3 is 0 Å². The van der Waals surface area contributed by atoms with Gasteiger partial charge in [0, 0.05) is 25.2 Å². The summed E-state index contributed by atoms with van der Waals surface area (Å²) in [5, 5.41) is 2.94. The van der Waals surface area contributed by atoms with Gasteiger partial charge in [0.25, 0.3) is 15.9 Å². The number of carbonyl (C=O) groups is 2. The molecule has 2 N–H and O–H groups in total. The van der Waals surface area contributed by atoms with E-state index in [1.54, 1.807) is 24.3 Å². The van der Waals surface area contributed by atoms with Crippen LogP contribution in [0.15, 0.2) is 126 Å². The van der Waals surface area contributed by atoms with Crippen LogP contribution in [0.25, 0.3) is 0 Å². The summed E-state index contributed by atoms with van der Waals surface area (Å²) >= 11 is 0. The summed E-state index contributed by atoms with van der Waals surface area (Å²) in [6.07, 6.45) is 0.175. The monoisotopic (exact) mass is 713 g/mol. The van der Waals surface area contributed by atoms with E-state index < -0.39 is 46.1 Å². The number of nitrogens with one attached hydrogen (secondary N) is 2. The lowest BCUT2D eigenvalue weighted by molar-refractivity contribution is -0.142. The van der Waals surface area contributed by atoms with Gasteiger partial charge in [0.1, 0.15) is 23.4 Å². The number of rotatable bonds is 14. The highest BCUT2D eigenvalue weighted by Crippen LogP contribution is 2.32. The number of sulfonamides is 1. The molecule has 0 aliphatic carbocycles. The van der Waals surface area contributed by atoms with Crippen LogP contribution in [0.1, 0.15) is 16.7 Å². The third kappa shape index (κ3) is 9.19. The lowest BCUT2D eigenvalue weighted by atomic mass is 10.0. The Kier molecular flexibility index (Phi) is 10.8. The molecule has 5 aromatic carbocycles. The summed E-state index contributed by atoms with van der Waals surface area (Å²) < 4.78 is 71.8. The fourth-order valence-corrected chi connectivity index (χ4v) is 6.43. The summed E-state index contributed by atoms with van der Waals surface area (Å²) in [6, 6.07) is 29.5. The summed E-state index contributed by atoms with van der Waals surface area (Å²) in [5.74, 6) is -0.510. The fourth-order valence-electron chi connectivity index (χ4n) is 5.37. The van der Waals surface area contributed by atoms with Crippen LogP contribution in [-0.4, -0.2) is 44.6 Å². The molecule has 0 radical (unpaired) electrons. The number of anilines is 1. The van der Waals surface area contributed by atoms with Gasteiger partial charge < -0.3 is 24.4 Å². The third-order valence-electron chi connectivity index (χ3n) is 8.03. The van der Waals surface area contributed by atoms with Crippen LogP contribution in [0, 0.1) is 11.6 Å². The van der Waals surface area contributed by atoms with Gasteiger partial charge in [-0.2, -0.15) is 0 Å². The van der Waals surface area contributed by atoms with E-state index in [1.165, 1.54) is 53.4 Å². The maximum atomic E-state index is 14.0. The molecule has 6 rings (SSSR count). The van der Waals surface area contributed by atoms with Gasteiger partial charge in [-0.05, 0) is 89.5 Å². The molecule has 51 heavy (non-hydrogen) atoms. The van der Waals surface area contributed by atoms with E-state index in [0.717, 1.165) is 23.3 Å². The quantitative estimate of drug-likeness (QED) is 0.149. The Bertz CT molecular complexity index is 2080. The predicted octanol–water partition coefficient (Wildman–Crippen LogP) is 5.83. The van der Waals surface area contributed by atoms with Crippen molar-refractivity contribution in [3.63, 3.8) is 0 Å². The highest BCUT2D eigenvalue weighted by Gasteiger charge is 2.31. The van der Waals surface area contributed by atoms with Crippen molar-refractivity contribution in [2.45, 2.75) is 30.4 Å². The molecule has 5 aromatic rings. The second-order valence-corrected chi connectivity index (χ2v) is 13.3. The number of ether oxygens (including phenoxy) is 3. The van der Waals surface area contributed by atoms with Crippen LogP contribution in [0.4, 0.5) is 14.5 Å². The fraction of sp³-hybridized carbons (Fsp3) is 0.158. The lowest BCUT2D eigenvalue weighted by Crippen LogP contribution is -2.51. The van der Waals surface area contributed by atoms with Gasteiger partial charge in [0.2, 0.25) is 12.7 Å². The molecule has 0 saturated carbocycles. The molecule has 0 fully saturated rings. The number of hydrogen-bond acceptors (Lipinski definition) is 7. The van der Waals surface area contributed by atoms with Gasteiger partial charge in [-0.3, -0.25) is 14.3 Å². The van der Waals surface area contributed by atoms with Crippen LogP contribution in [0.2, 0.25) is 0 Å². The normalized spacial score (nSPS) is 12.5. The molecule has 10 nitrogen and oxygen atoms in total. The predicted molar refractivity (Wildman–Crippen MR) is 184 cm³/mol. The van der Waals surface area contributed by atoms with Crippen LogP contribution in [0.3, 0.4) is 0 Å². The number of amides is 2. The average Bonchev–Trinajstić information content (AvgIpc) is 3.61. The van der Waals surface area contributed by atoms with Crippen molar-refractivity contribution in [3.05, 3.63) is 150 Å². The molecule has 2 amide bonds. The molecule has 0 aromatic heterocycles. The standard InChI is InChI=1S/C38H33F2N3O7S/c39-29-9-6-27(7-10-29)23-43(37(44)24-48-32-15-17-33(18-16-32)51(46,47)42-31-13-11-30(40)12-14-31)34(20-26-4-2-1-3-5-26)38(45)41-22-28-8-19-35-36(21-28)50-25-49-35/h1-19,21,34,42H,20,22-25H2,(H,41,45). The minimum absolute atomic E-state index is 0.0242. The van der Waals surface area contributed by atoms with Crippen LogP contribution in [-0.2, 0) is 39.1 Å². The number of nitrogens with zero attached hydrogens (tertiary/aromatic N) is 1. The molecular weight excluding hydrogens is 680 g/mol. The Morgan fingerprint density at radius 3 is 2.12 bits per heavy atom. The van der Waals surface area contributed by atoms with E-state index in [9.17, 15) is 26.8 Å². The number of hydrogen-bond donors (Lipinski definition) is 2. The third-order valence-corrected chi connectivity index (χ3v) is 9.43. The molecule has 13 heteroatoms. The zero-order valence-corrected chi connectivity index (χ0v) is 27.9. The Labute approximate surface area is 293 Å². The summed E-state index contributed by atoms with van der Waals surface area (Å²) in [4.78, 5) is 29.2. The summed E-state index contributed by atoms with van der Waals surface area (Å²) in [7, 11) is -3.99. The summed E-state index contributed by atoms with van der Waals surface area (Å²) in [6.45, 7) is -0.239. The number of fused-ring (bicyclic) bond motifs is 1. The van der Waals surface area contributed by atoms with Gasteiger partial charge in [-0.25, -0.2) is 17.2 Å². The Hall–Kier alpha value is -5.95. The van der Waals surface area contributed by atoms with Crippen molar-refractivity contribution in [2.24, 2.45) is 0 Å². The average molecular weight is 714 g/mol. The smallest absolute Gasteiger partial charge is 0.261 e. The zero-order valence-electron chi connectivity index (χ0n) is 27.1. The highest BCUT2D eigenvalue weighted by molar-refractivity contribution is 7.92. The first-order chi connectivity index (χ1) is 24.6. The van der Waals surface area contributed by atoms with Gasteiger partial charge in [-0.15, -0.1) is 0 Å². The first-order valence-electron chi connectivity index (χ1n) is 15.9. The molecule has 262 valence electrons. The maximum Gasteiger partial charge on any atom is 0.261 e. The van der Waals surface area contributed by atoms with Gasteiger partial charge in [0.15, 0.2) is 18.1 Å². The van der Waals surface area contributed by atoms with Crippen molar-refractivity contribution in [2.75, 3.05) is 18.1 Å². The number of benzene rings is 5. The minimum Gasteiger partial charge on any atom is -0.484 e. The molecule has 0 bridgehead atoms. The van der Waals surface area contributed by atoms with Crippen molar-refractivity contribution < 1.29 is 41.0 Å². The second-order valence-electron chi connectivity index (χ2n) is 11.6. The SMILES string of the molecule is O=C(NCc1ccc2c(c1)OCO2)C(Cc1ccccc1)N(Cc1ccc(F)cc1)C(=O)COc1ccc(S(=O)(=O)Nc2ccc(F)cc2)cc1. The maximum absolute atomic E-state index is 14.0. The molecule has 1 unspecified atom stereocenters. The van der Waals surface area contributed by atoms with E-state index in [0.29, 0.717) is 17.1 Å². The number of halogens is 2. The minimum atomic E-state index is -3.99. The zero-order chi connectivity index (χ0) is 35.8. The van der Waals surface area contributed by atoms with Gasteiger partial charge in [-0.1, -0.05) is 48.5 Å². The van der Waals surface area contributed by atoms with E-state index in [-0.39, 0.29) is 42.6 Å². The lowest BCUT2D eigenvalue weighted by Gasteiger charge is -2.31. The Morgan fingerprint density at radius 2 is 1.41 bits per heavy atom. The Morgan fingerprint density at radius 1 is 0.765 bits per heavy atom. The van der Waals surface area contributed by atoms with Crippen LogP contribution in [0.5, 0.6) is 17.2 Å². The molecule has 1 aliphatic heterocycles. The van der Waals surface area contributed by atoms with Crippen molar-refractivity contribution in [1.29, 1.82) is 0 Å². The van der Waals surface area contributed by atoms with Crippen molar-refractivity contribution in [3.8, 4) is 17.2 Å². The molecule has 0 spiro atoms. The highest BCUT2D eigenvalue weighted by atomic mass is 32.2. The van der Waals surface area contributed by atoms with Crippen LogP contribution >= 0.6 is 0 Å². The second kappa shape index (κ2) is 15.7. The molecular formula is C38H33F2N3O7S. The number of carbonyl (C=O) groups excluding carboxylic acids is 2. The molecule has 1 aliphatic rings. The molecule has 0 saturated heterocycles. The van der Waals surface area contributed by atoms with E-state index >= 15 is 0 Å². The molecule has 1 heterocycles. The molecule has 1 atom stereocenters. The first-order valence-corrected chi connectivity index (χ1v) is 17.4. The van der Waals surface area contributed by atoms with Crippen molar-refractivity contribution >= 4 is 27.5 Å². The van der Waals surface area contributed by atoms with E-state index in [2.05, 4.69) is 10.0 Å². The largest absolute Gasteiger partial charge is 0.484 e. The van der Waals surface area contributed by atoms with E-state index in [4.69, 9.17) is 14.2 Å². The van der Waals surface area contributed by atoms with E-state index in [1.807, 2.05) is 36.4 Å². The Balaban J connectivity index is 1.20. The van der Waals surface area contributed by atoms with Crippen molar-refractivity contribution in [1.82, 2.24) is 10.2 Å². The summed E-state index contributed by atoms with van der Waals surface area (Å²) in [5.41, 5.74) is 2.36. The van der Waals surface area contributed by atoms with Gasteiger partial charge in [0.05, 0.1) is 4.90 Å². The topological polar surface area (TPSA) is 123 Å². The first kappa shape index (κ1) is 34.9. The van der Waals surface area contributed by atoms with Crippen LogP contribution < -0.4 is 24.2 Å².